The molecule has 4 unspecified atom stereocenters. The zero-order valence-electron chi connectivity index (χ0n) is 11.8. The Hall–Kier alpha value is -1.14. The summed E-state index contributed by atoms with van der Waals surface area (Å²) in [6.45, 7) is 6.27. The molecule has 1 N–H and O–H groups in total. The summed E-state index contributed by atoms with van der Waals surface area (Å²) in [5.74, 6) is -2.02. The summed E-state index contributed by atoms with van der Waals surface area (Å²) in [4.78, 5) is 28.2. The third kappa shape index (κ3) is 2.20. The van der Waals surface area contributed by atoms with Crippen molar-refractivity contribution in [2.45, 2.75) is 32.0 Å². The van der Waals surface area contributed by atoms with Crippen LogP contribution >= 0.6 is 0 Å². The molecule has 0 aromatic rings. The average Bonchev–Trinajstić information content (AvgIpc) is 3.07. The number of amides is 1. The fourth-order valence-corrected chi connectivity index (χ4v) is 3.80. The van der Waals surface area contributed by atoms with Gasteiger partial charge in [-0.25, -0.2) is 0 Å². The van der Waals surface area contributed by atoms with Gasteiger partial charge in [0.15, 0.2) is 0 Å². The van der Waals surface area contributed by atoms with Crippen LogP contribution in [0.1, 0.15) is 19.8 Å². The van der Waals surface area contributed by atoms with Gasteiger partial charge in [0.25, 0.3) is 0 Å². The lowest BCUT2D eigenvalue weighted by Crippen LogP contribution is -2.53. The molecule has 2 bridgehead atoms. The Bertz CT molecular complexity index is 406. The van der Waals surface area contributed by atoms with Crippen molar-refractivity contribution in [1.82, 2.24) is 9.80 Å². The zero-order chi connectivity index (χ0) is 14.3. The van der Waals surface area contributed by atoms with Crippen molar-refractivity contribution in [3.63, 3.8) is 0 Å². The second-order valence-electron chi connectivity index (χ2n) is 5.94. The van der Waals surface area contributed by atoms with Crippen LogP contribution in [-0.2, 0) is 14.3 Å². The number of ether oxygens (including phenoxy) is 1. The molecule has 0 radical (unpaired) electrons. The number of piperazine rings is 1. The Morgan fingerprint density at radius 2 is 1.70 bits per heavy atom. The van der Waals surface area contributed by atoms with Gasteiger partial charge in [-0.15, -0.1) is 0 Å². The van der Waals surface area contributed by atoms with Crippen molar-refractivity contribution in [2.75, 3.05) is 32.7 Å². The smallest absolute Gasteiger partial charge is 0.310 e. The van der Waals surface area contributed by atoms with E-state index in [1.54, 1.807) is 0 Å². The van der Waals surface area contributed by atoms with E-state index in [0.29, 0.717) is 13.1 Å². The number of aliphatic carboxylic acids is 1. The van der Waals surface area contributed by atoms with Crippen molar-refractivity contribution in [3.05, 3.63) is 0 Å². The number of hydrogen-bond donors (Lipinski definition) is 1. The van der Waals surface area contributed by atoms with E-state index in [9.17, 15) is 14.7 Å². The van der Waals surface area contributed by atoms with Crippen molar-refractivity contribution in [3.8, 4) is 0 Å². The van der Waals surface area contributed by atoms with Crippen LogP contribution in [0.5, 0.6) is 0 Å². The minimum atomic E-state index is -0.886. The number of carboxylic acids is 1. The molecule has 3 aliphatic rings. The normalized spacial score (nSPS) is 37.4. The summed E-state index contributed by atoms with van der Waals surface area (Å²) in [7, 11) is 0. The van der Waals surface area contributed by atoms with E-state index < -0.39 is 17.8 Å². The van der Waals surface area contributed by atoms with Gasteiger partial charge in [0, 0.05) is 26.2 Å². The molecule has 0 aromatic carbocycles. The van der Waals surface area contributed by atoms with Crippen molar-refractivity contribution in [2.24, 2.45) is 11.8 Å². The maximum atomic E-state index is 12.7. The Kier molecular flexibility index (Phi) is 3.69. The molecular formula is C14H22N2O4. The maximum Gasteiger partial charge on any atom is 0.310 e. The highest BCUT2D eigenvalue weighted by atomic mass is 16.5. The molecule has 20 heavy (non-hydrogen) atoms. The molecule has 3 aliphatic heterocycles. The maximum absolute atomic E-state index is 12.7. The molecular weight excluding hydrogens is 260 g/mol. The molecule has 0 aliphatic carbocycles. The van der Waals surface area contributed by atoms with Crippen LogP contribution in [0.15, 0.2) is 0 Å². The second-order valence-corrected chi connectivity index (χ2v) is 5.94. The van der Waals surface area contributed by atoms with Gasteiger partial charge < -0.3 is 19.6 Å². The fraction of sp³-hybridized carbons (Fsp3) is 0.857. The van der Waals surface area contributed by atoms with Gasteiger partial charge in [-0.3, -0.25) is 9.59 Å². The molecule has 3 rings (SSSR count). The lowest BCUT2D eigenvalue weighted by Gasteiger charge is -2.37. The van der Waals surface area contributed by atoms with E-state index in [1.807, 2.05) is 4.90 Å². The van der Waals surface area contributed by atoms with Crippen LogP contribution in [0, 0.1) is 11.8 Å². The second kappa shape index (κ2) is 5.33. The summed E-state index contributed by atoms with van der Waals surface area (Å²) in [5, 5.41) is 9.37. The number of carbonyl (C=O) groups excluding carboxylic acids is 1. The van der Waals surface area contributed by atoms with Crippen LogP contribution in [0.3, 0.4) is 0 Å². The zero-order valence-corrected chi connectivity index (χ0v) is 11.8. The Balaban J connectivity index is 1.69. The van der Waals surface area contributed by atoms with Crippen LogP contribution in [0.2, 0.25) is 0 Å². The molecule has 0 saturated carbocycles. The van der Waals surface area contributed by atoms with Gasteiger partial charge in [0.05, 0.1) is 24.0 Å². The number of carbonyl (C=O) groups is 2. The standard InChI is InChI=1S/C14H22N2O4/c1-2-15-5-7-16(8-6-15)13(17)11-9-3-4-10(20-9)12(11)14(18)19/h9-12H,2-8H2,1H3,(H,18,19). The molecule has 0 spiro atoms. The average molecular weight is 282 g/mol. The van der Waals surface area contributed by atoms with Crippen LogP contribution in [0.25, 0.3) is 0 Å². The number of rotatable bonds is 3. The number of hydrogen-bond acceptors (Lipinski definition) is 4. The number of likely N-dealkylation sites (N-methyl/N-ethyl adjacent to an activating group) is 1. The summed E-state index contributed by atoms with van der Waals surface area (Å²) >= 11 is 0. The van der Waals surface area contributed by atoms with Crippen LogP contribution in [-0.4, -0.2) is 71.7 Å². The fourth-order valence-electron chi connectivity index (χ4n) is 3.80. The first-order valence-electron chi connectivity index (χ1n) is 7.51. The molecule has 112 valence electrons. The molecule has 6 nitrogen and oxygen atoms in total. The van der Waals surface area contributed by atoms with Crippen LogP contribution < -0.4 is 0 Å². The predicted molar refractivity (Wildman–Crippen MR) is 71.2 cm³/mol. The quantitative estimate of drug-likeness (QED) is 0.791. The molecule has 6 heteroatoms. The number of nitrogens with zero attached hydrogens (tertiary/aromatic N) is 2. The predicted octanol–water partition coefficient (Wildman–Crippen LogP) is 0.0287. The monoisotopic (exact) mass is 282 g/mol. The highest BCUT2D eigenvalue weighted by Crippen LogP contribution is 2.44. The third-order valence-corrected chi connectivity index (χ3v) is 4.97. The van der Waals surface area contributed by atoms with E-state index in [0.717, 1.165) is 32.5 Å². The summed E-state index contributed by atoms with van der Waals surface area (Å²) in [5.41, 5.74) is 0. The van der Waals surface area contributed by atoms with E-state index in [2.05, 4.69) is 11.8 Å². The van der Waals surface area contributed by atoms with E-state index in [4.69, 9.17) is 4.74 Å². The van der Waals surface area contributed by atoms with E-state index >= 15 is 0 Å². The minimum Gasteiger partial charge on any atom is -0.481 e. The SMILES string of the molecule is CCN1CCN(C(=O)C2C3CCC(O3)C2C(=O)O)CC1. The van der Waals surface area contributed by atoms with Gasteiger partial charge in [-0.05, 0) is 19.4 Å². The first-order valence-corrected chi connectivity index (χ1v) is 7.51. The van der Waals surface area contributed by atoms with Gasteiger partial charge >= 0.3 is 5.97 Å². The van der Waals surface area contributed by atoms with Gasteiger partial charge in [-0.1, -0.05) is 6.92 Å². The van der Waals surface area contributed by atoms with Gasteiger partial charge in [0.1, 0.15) is 0 Å². The lowest BCUT2D eigenvalue weighted by molar-refractivity contribution is -0.151. The molecule has 0 aromatic heterocycles. The summed E-state index contributed by atoms with van der Waals surface area (Å²) in [6.07, 6.45) is 1.15. The first-order chi connectivity index (χ1) is 9.61. The number of carboxylic acid groups (broad SMARTS) is 1. The lowest BCUT2D eigenvalue weighted by atomic mass is 9.78. The minimum absolute atomic E-state index is 0.0136. The van der Waals surface area contributed by atoms with Gasteiger partial charge in [-0.2, -0.15) is 0 Å². The van der Waals surface area contributed by atoms with Crippen molar-refractivity contribution < 1.29 is 19.4 Å². The molecule has 4 atom stereocenters. The summed E-state index contributed by atoms with van der Waals surface area (Å²) in [6, 6.07) is 0. The van der Waals surface area contributed by atoms with Crippen molar-refractivity contribution in [1.29, 1.82) is 0 Å². The molecule has 3 heterocycles. The largest absolute Gasteiger partial charge is 0.481 e. The Morgan fingerprint density at radius 1 is 1.10 bits per heavy atom. The topological polar surface area (TPSA) is 70.1 Å². The van der Waals surface area contributed by atoms with Crippen LogP contribution in [0.4, 0.5) is 0 Å². The highest BCUT2D eigenvalue weighted by molar-refractivity contribution is 5.86. The Morgan fingerprint density at radius 3 is 2.25 bits per heavy atom. The highest BCUT2D eigenvalue weighted by Gasteiger charge is 2.56. The van der Waals surface area contributed by atoms with E-state index in [-0.39, 0.29) is 18.1 Å². The number of fused-ring (bicyclic) bond motifs is 2. The first kappa shape index (κ1) is 13.8. The van der Waals surface area contributed by atoms with E-state index in [1.165, 1.54) is 0 Å². The van der Waals surface area contributed by atoms with Crippen molar-refractivity contribution >= 4 is 11.9 Å². The Labute approximate surface area is 118 Å². The molecule has 1 amide bonds. The molecule has 3 saturated heterocycles. The van der Waals surface area contributed by atoms with Gasteiger partial charge in [0.2, 0.25) is 5.91 Å². The summed E-state index contributed by atoms with van der Waals surface area (Å²) < 4.78 is 5.67. The molecule has 3 fully saturated rings. The third-order valence-electron chi connectivity index (χ3n) is 4.97.